The molecular weight excluding hydrogens is 150 g/mol. The van der Waals surface area contributed by atoms with Crippen molar-refractivity contribution in [2.24, 2.45) is 9.98 Å². The van der Waals surface area contributed by atoms with Crippen molar-refractivity contribution in [1.82, 2.24) is 4.90 Å². The van der Waals surface area contributed by atoms with Gasteiger partial charge < -0.3 is 4.90 Å². The van der Waals surface area contributed by atoms with Gasteiger partial charge in [-0.05, 0) is 12.2 Å². The van der Waals surface area contributed by atoms with Gasteiger partial charge in [-0.2, -0.15) is 0 Å². The lowest BCUT2D eigenvalue weighted by molar-refractivity contribution is 0.291. The first kappa shape index (κ1) is 7.28. The molecule has 3 nitrogen and oxygen atoms in total. The predicted octanol–water partition coefficient (Wildman–Crippen LogP) is 1.20. The molecule has 0 amide bonds. The van der Waals surface area contributed by atoms with Gasteiger partial charge in [-0.15, -0.1) is 0 Å². The molecule has 1 atom stereocenters. The molecule has 12 heavy (non-hydrogen) atoms. The van der Waals surface area contributed by atoms with Crippen molar-refractivity contribution in [3.63, 3.8) is 0 Å². The number of allylic oxidation sites excluding steroid dienone is 2. The summed E-state index contributed by atoms with van der Waals surface area (Å²) in [5.74, 6) is 0. The Kier molecular flexibility index (Phi) is 2.03. The highest BCUT2D eigenvalue weighted by Crippen LogP contribution is 2.11. The molecule has 0 saturated heterocycles. The third-order valence-electron chi connectivity index (χ3n) is 1.92. The summed E-state index contributed by atoms with van der Waals surface area (Å²) in [6, 6.07) is 0. The summed E-state index contributed by atoms with van der Waals surface area (Å²) in [4.78, 5) is 10.6. The lowest BCUT2D eigenvalue weighted by atomic mass is 10.2. The molecule has 0 spiro atoms. The zero-order valence-corrected chi connectivity index (χ0v) is 6.80. The molecule has 0 fully saturated rings. The Morgan fingerprint density at radius 2 is 2.25 bits per heavy atom. The minimum absolute atomic E-state index is 0.253. The van der Waals surface area contributed by atoms with Crippen molar-refractivity contribution < 1.29 is 0 Å². The summed E-state index contributed by atoms with van der Waals surface area (Å²) in [7, 11) is 0. The van der Waals surface area contributed by atoms with Crippen LogP contribution in [0.5, 0.6) is 0 Å². The average Bonchev–Trinajstić information content (AvgIpc) is 2.21. The van der Waals surface area contributed by atoms with Crippen molar-refractivity contribution in [1.29, 1.82) is 0 Å². The van der Waals surface area contributed by atoms with Gasteiger partial charge in [-0.1, -0.05) is 6.08 Å². The first-order valence-electron chi connectivity index (χ1n) is 4.07. The molecule has 2 heterocycles. The Labute approximate surface area is 71.8 Å². The normalized spacial score (nSPS) is 26.7. The van der Waals surface area contributed by atoms with Crippen LogP contribution in [0.25, 0.3) is 0 Å². The SMILES string of the molecule is C1=CCC(N2C=CC=NC2)N=C1. The topological polar surface area (TPSA) is 28.0 Å². The molecule has 2 aliphatic heterocycles. The first-order valence-corrected chi connectivity index (χ1v) is 4.07. The third kappa shape index (κ3) is 1.44. The maximum Gasteiger partial charge on any atom is 0.125 e. The van der Waals surface area contributed by atoms with Crippen molar-refractivity contribution in [2.75, 3.05) is 6.67 Å². The van der Waals surface area contributed by atoms with Crippen molar-refractivity contribution in [2.45, 2.75) is 12.6 Å². The molecule has 0 bridgehead atoms. The van der Waals surface area contributed by atoms with Gasteiger partial charge in [0, 0.05) is 25.0 Å². The zero-order chi connectivity index (χ0) is 8.23. The second-order valence-corrected chi connectivity index (χ2v) is 2.77. The van der Waals surface area contributed by atoms with E-state index in [0.717, 1.165) is 13.1 Å². The second-order valence-electron chi connectivity index (χ2n) is 2.77. The Morgan fingerprint density at radius 1 is 1.25 bits per heavy atom. The van der Waals surface area contributed by atoms with Gasteiger partial charge in [0.15, 0.2) is 0 Å². The highest BCUT2D eigenvalue weighted by Gasteiger charge is 2.13. The van der Waals surface area contributed by atoms with Crippen LogP contribution in [0.15, 0.2) is 34.4 Å². The highest BCUT2D eigenvalue weighted by atomic mass is 15.3. The lowest BCUT2D eigenvalue weighted by Gasteiger charge is -2.27. The molecule has 0 saturated carbocycles. The van der Waals surface area contributed by atoms with Gasteiger partial charge in [-0.25, -0.2) is 0 Å². The van der Waals surface area contributed by atoms with Crippen molar-refractivity contribution in [3.05, 3.63) is 24.4 Å². The maximum atomic E-state index is 4.34. The number of nitrogens with zero attached hydrogens (tertiary/aromatic N) is 3. The lowest BCUT2D eigenvalue weighted by Crippen LogP contribution is -2.31. The molecule has 0 radical (unpaired) electrons. The zero-order valence-electron chi connectivity index (χ0n) is 6.80. The fraction of sp³-hybridized carbons (Fsp3) is 0.333. The largest absolute Gasteiger partial charge is 0.336 e. The standard InChI is InChI=1S/C9H11N3/c1-2-6-11-9(4-1)12-7-3-5-10-8-12/h1-3,5-7,9H,4,8H2. The minimum atomic E-state index is 0.253. The Morgan fingerprint density at radius 3 is 2.92 bits per heavy atom. The van der Waals surface area contributed by atoms with Crippen LogP contribution in [0.4, 0.5) is 0 Å². The predicted molar refractivity (Wildman–Crippen MR) is 50.4 cm³/mol. The Hall–Kier alpha value is -1.38. The van der Waals surface area contributed by atoms with Gasteiger partial charge >= 0.3 is 0 Å². The maximum absolute atomic E-state index is 4.34. The number of aliphatic imine (C=N–C) groups is 2. The van der Waals surface area contributed by atoms with E-state index in [1.165, 1.54) is 0 Å². The number of hydrogen-bond acceptors (Lipinski definition) is 3. The molecule has 0 aromatic rings. The van der Waals surface area contributed by atoms with Crippen LogP contribution in [0.1, 0.15) is 6.42 Å². The molecular formula is C9H11N3. The summed E-state index contributed by atoms with van der Waals surface area (Å²) in [6.07, 6.45) is 13.0. The fourth-order valence-electron chi connectivity index (χ4n) is 1.28. The first-order chi connectivity index (χ1) is 5.97. The summed E-state index contributed by atoms with van der Waals surface area (Å²) in [5, 5.41) is 0. The third-order valence-corrected chi connectivity index (χ3v) is 1.92. The second kappa shape index (κ2) is 3.34. The van der Waals surface area contributed by atoms with Gasteiger partial charge in [0.1, 0.15) is 12.8 Å². The van der Waals surface area contributed by atoms with Crippen LogP contribution in [0.2, 0.25) is 0 Å². The van der Waals surface area contributed by atoms with E-state index in [1.807, 2.05) is 30.8 Å². The smallest absolute Gasteiger partial charge is 0.125 e. The Bertz CT molecular complexity index is 235. The number of rotatable bonds is 1. The molecule has 62 valence electrons. The van der Waals surface area contributed by atoms with Gasteiger partial charge in [0.25, 0.3) is 0 Å². The molecule has 0 N–H and O–H groups in total. The minimum Gasteiger partial charge on any atom is -0.336 e. The molecule has 0 aromatic heterocycles. The average molecular weight is 161 g/mol. The molecule has 3 heteroatoms. The van der Waals surface area contributed by atoms with Crippen molar-refractivity contribution >= 4 is 12.4 Å². The van der Waals surface area contributed by atoms with Crippen LogP contribution < -0.4 is 0 Å². The van der Waals surface area contributed by atoms with Crippen LogP contribution in [0, 0.1) is 0 Å². The van der Waals surface area contributed by atoms with E-state index in [-0.39, 0.29) is 6.17 Å². The van der Waals surface area contributed by atoms with E-state index in [9.17, 15) is 0 Å². The van der Waals surface area contributed by atoms with Crippen LogP contribution in [-0.2, 0) is 0 Å². The van der Waals surface area contributed by atoms with Gasteiger partial charge in [0.2, 0.25) is 0 Å². The van der Waals surface area contributed by atoms with E-state index in [2.05, 4.69) is 21.0 Å². The van der Waals surface area contributed by atoms with E-state index in [0.29, 0.717) is 0 Å². The summed E-state index contributed by atoms with van der Waals surface area (Å²) in [5.41, 5.74) is 0. The summed E-state index contributed by atoms with van der Waals surface area (Å²) in [6.45, 7) is 0.729. The molecule has 2 rings (SSSR count). The van der Waals surface area contributed by atoms with Crippen LogP contribution in [0.3, 0.4) is 0 Å². The quantitative estimate of drug-likeness (QED) is 0.568. The molecule has 0 aromatic carbocycles. The molecule has 2 aliphatic rings. The van der Waals surface area contributed by atoms with Crippen LogP contribution >= 0.6 is 0 Å². The van der Waals surface area contributed by atoms with E-state index >= 15 is 0 Å². The number of hydrogen-bond donors (Lipinski definition) is 0. The molecule has 1 unspecified atom stereocenters. The summed E-state index contributed by atoms with van der Waals surface area (Å²) >= 11 is 0. The van der Waals surface area contributed by atoms with E-state index in [4.69, 9.17) is 0 Å². The monoisotopic (exact) mass is 161 g/mol. The summed E-state index contributed by atoms with van der Waals surface area (Å²) < 4.78 is 0. The van der Waals surface area contributed by atoms with Crippen molar-refractivity contribution in [3.8, 4) is 0 Å². The van der Waals surface area contributed by atoms with Gasteiger partial charge in [-0.3, -0.25) is 9.98 Å². The van der Waals surface area contributed by atoms with E-state index < -0.39 is 0 Å². The fourth-order valence-corrected chi connectivity index (χ4v) is 1.28. The van der Waals surface area contributed by atoms with Gasteiger partial charge in [0.05, 0.1) is 0 Å². The molecule has 0 aliphatic carbocycles. The highest BCUT2D eigenvalue weighted by molar-refractivity contribution is 5.72. The Balaban J connectivity index is 2.01. The van der Waals surface area contributed by atoms with E-state index in [1.54, 1.807) is 0 Å². The van der Waals surface area contributed by atoms with Crippen LogP contribution in [-0.4, -0.2) is 30.2 Å². The number of dihydropyridines is 1.